The Balaban J connectivity index is 3.57. The molecule has 0 saturated heterocycles. The Morgan fingerprint density at radius 1 is 0.554 bits per heavy atom. The molecule has 0 unspecified atom stereocenters. The number of hydrogen-bond acceptors (Lipinski definition) is 13. The second kappa shape index (κ2) is 30.4. The summed E-state index contributed by atoms with van der Waals surface area (Å²) < 4.78 is 0. The Morgan fingerprint density at radius 3 is 1.46 bits per heavy atom. The van der Waals surface area contributed by atoms with Crippen LogP contribution in [0.4, 0.5) is 0 Å². The topological polar surface area (TPSA) is 443 Å². The van der Waals surface area contributed by atoms with Crippen molar-refractivity contribution < 1.29 is 48.3 Å². The Hall–Kier alpha value is -6.65. The Bertz CT molecular complexity index is 1830. The zero-order valence-corrected chi connectivity index (χ0v) is 37.1. The minimum Gasteiger partial charge on any atom is -0.508 e. The summed E-state index contributed by atoms with van der Waals surface area (Å²) in [4.78, 5) is 126. The quantitative estimate of drug-likeness (QED) is 0.0189. The number of nitrogens with one attached hydrogen (secondary N) is 3. The second-order valence-corrected chi connectivity index (χ2v) is 15.9. The van der Waals surface area contributed by atoms with Crippen molar-refractivity contribution in [3.05, 3.63) is 29.8 Å². The van der Waals surface area contributed by atoms with Crippen molar-refractivity contribution in [1.82, 2.24) is 16.0 Å². The van der Waals surface area contributed by atoms with Gasteiger partial charge in [0.05, 0.1) is 18.1 Å². The SMILES string of the molecule is CC(=O)N[C@@H](CCCN=C(N)N)C(=O)C[C@@H](CCC(N)=O)C(=O)N[C@@H](CCC(N)=O)C(=O)C[C@@H](Cc1ccc(O)cc1)C(=O)N[C@@H](CCCN=C(N)N)C(=O)C[C@@H](CCCCN)C(N)=O. The molecule has 6 atom stereocenters. The van der Waals surface area contributed by atoms with Crippen molar-refractivity contribution >= 4 is 64.7 Å². The number of hydrogen-bond donors (Lipinski definition) is 12. The van der Waals surface area contributed by atoms with Crippen LogP contribution < -0.4 is 61.8 Å². The van der Waals surface area contributed by atoms with Crippen molar-refractivity contribution in [3.8, 4) is 5.75 Å². The molecule has 362 valence electrons. The highest BCUT2D eigenvalue weighted by Gasteiger charge is 2.34. The van der Waals surface area contributed by atoms with Gasteiger partial charge in [0.1, 0.15) is 5.75 Å². The van der Waals surface area contributed by atoms with Crippen molar-refractivity contribution in [3.63, 3.8) is 0 Å². The fraction of sp³-hybridized carbons (Fsp3) is 0.595. The summed E-state index contributed by atoms with van der Waals surface area (Å²) in [5, 5.41) is 17.8. The van der Waals surface area contributed by atoms with Crippen LogP contribution in [0.2, 0.25) is 0 Å². The second-order valence-electron chi connectivity index (χ2n) is 15.9. The number of amides is 6. The fourth-order valence-corrected chi connectivity index (χ4v) is 6.91. The molecule has 0 aliphatic heterocycles. The van der Waals surface area contributed by atoms with E-state index in [4.69, 9.17) is 45.9 Å². The molecule has 23 heteroatoms. The summed E-state index contributed by atoms with van der Waals surface area (Å²) in [6.45, 7) is 1.83. The van der Waals surface area contributed by atoms with E-state index in [0.717, 1.165) is 0 Å². The number of carbonyl (C=O) groups excluding carboxylic acids is 9. The monoisotopic (exact) mass is 916 g/mol. The van der Waals surface area contributed by atoms with Crippen LogP contribution in [0.15, 0.2) is 34.3 Å². The van der Waals surface area contributed by atoms with Gasteiger partial charge in [0.15, 0.2) is 29.3 Å². The maximum absolute atomic E-state index is 14.3. The first kappa shape index (κ1) is 56.4. The van der Waals surface area contributed by atoms with E-state index >= 15 is 0 Å². The highest BCUT2D eigenvalue weighted by Crippen LogP contribution is 2.22. The lowest BCUT2D eigenvalue weighted by Crippen LogP contribution is -2.48. The van der Waals surface area contributed by atoms with Crippen molar-refractivity contribution in [2.24, 2.45) is 73.6 Å². The van der Waals surface area contributed by atoms with E-state index in [9.17, 15) is 48.3 Å². The van der Waals surface area contributed by atoms with Crippen LogP contribution in [-0.2, 0) is 49.6 Å². The average molecular weight is 916 g/mol. The molecule has 0 heterocycles. The molecule has 6 amide bonds. The minimum atomic E-state index is -1.44. The number of phenols is 1. The van der Waals surface area contributed by atoms with Gasteiger partial charge in [-0.2, -0.15) is 0 Å². The van der Waals surface area contributed by atoms with Crippen molar-refractivity contribution in [2.45, 2.75) is 121 Å². The summed E-state index contributed by atoms with van der Waals surface area (Å²) in [6.07, 6.45) is -0.604. The van der Waals surface area contributed by atoms with Gasteiger partial charge >= 0.3 is 0 Å². The van der Waals surface area contributed by atoms with Crippen LogP contribution in [0.3, 0.4) is 0 Å². The predicted molar refractivity (Wildman–Crippen MR) is 241 cm³/mol. The fourth-order valence-electron chi connectivity index (χ4n) is 6.91. The van der Waals surface area contributed by atoms with Crippen LogP contribution in [0.1, 0.15) is 102 Å². The molecule has 0 aliphatic rings. The third-order valence-electron chi connectivity index (χ3n) is 10.4. The third kappa shape index (κ3) is 24.7. The number of guanidine groups is 2. The van der Waals surface area contributed by atoms with Gasteiger partial charge < -0.3 is 66.9 Å². The van der Waals surface area contributed by atoms with Crippen LogP contribution in [0, 0.1) is 17.8 Å². The molecule has 0 bridgehead atoms. The number of aromatic hydroxyl groups is 1. The van der Waals surface area contributed by atoms with Crippen molar-refractivity contribution in [2.75, 3.05) is 19.6 Å². The zero-order chi connectivity index (χ0) is 49.1. The molecule has 0 fully saturated rings. The number of ketones is 3. The molecule has 1 aromatic carbocycles. The Labute approximate surface area is 378 Å². The number of rotatable bonds is 35. The maximum atomic E-state index is 14.3. The molecular formula is C42H69N13O10. The lowest BCUT2D eigenvalue weighted by atomic mass is 9.88. The van der Waals surface area contributed by atoms with Crippen molar-refractivity contribution in [1.29, 1.82) is 0 Å². The normalized spacial score (nSPS) is 13.6. The van der Waals surface area contributed by atoms with E-state index in [0.29, 0.717) is 24.9 Å². The lowest BCUT2D eigenvalue weighted by Gasteiger charge is -2.26. The van der Waals surface area contributed by atoms with Gasteiger partial charge in [-0.05, 0) is 82.0 Å². The van der Waals surface area contributed by atoms with Gasteiger partial charge in [-0.25, -0.2) is 0 Å². The molecule has 0 aliphatic carbocycles. The van der Waals surface area contributed by atoms with Crippen LogP contribution in [0.5, 0.6) is 5.75 Å². The van der Waals surface area contributed by atoms with Gasteiger partial charge in [0.25, 0.3) is 0 Å². The molecule has 0 aromatic heterocycles. The number of primary amides is 3. The molecular weight excluding hydrogens is 847 g/mol. The summed E-state index contributed by atoms with van der Waals surface area (Å²) in [5.74, 6) is -9.94. The summed E-state index contributed by atoms with van der Waals surface area (Å²) in [7, 11) is 0. The molecule has 65 heavy (non-hydrogen) atoms. The summed E-state index contributed by atoms with van der Waals surface area (Å²) in [5.41, 5.74) is 44.2. The molecule has 0 spiro atoms. The van der Waals surface area contributed by atoms with Gasteiger partial charge in [-0.15, -0.1) is 0 Å². The van der Waals surface area contributed by atoms with E-state index in [1.54, 1.807) is 0 Å². The van der Waals surface area contributed by atoms with Gasteiger partial charge in [-0.1, -0.05) is 18.6 Å². The Morgan fingerprint density at radius 2 is 1.00 bits per heavy atom. The first-order valence-electron chi connectivity index (χ1n) is 21.5. The van der Waals surface area contributed by atoms with E-state index in [1.807, 2.05) is 0 Å². The number of phenolic OH excluding ortho intramolecular Hbond substituents is 1. The highest BCUT2D eigenvalue weighted by atomic mass is 16.3. The number of nitrogens with zero attached hydrogens (tertiary/aromatic N) is 2. The average Bonchev–Trinajstić information content (AvgIpc) is 3.22. The van der Waals surface area contributed by atoms with E-state index in [2.05, 4.69) is 25.9 Å². The molecule has 0 radical (unpaired) electrons. The first-order valence-corrected chi connectivity index (χ1v) is 21.5. The van der Waals surface area contributed by atoms with Gasteiger partial charge in [0, 0.05) is 69.9 Å². The molecule has 1 aromatic rings. The van der Waals surface area contributed by atoms with Gasteiger partial charge in [0.2, 0.25) is 35.4 Å². The number of benzene rings is 1. The number of carbonyl (C=O) groups is 9. The van der Waals surface area contributed by atoms with Gasteiger partial charge in [-0.3, -0.25) is 53.1 Å². The predicted octanol–water partition coefficient (Wildman–Crippen LogP) is -2.61. The van der Waals surface area contributed by atoms with Crippen LogP contribution in [-0.4, -0.2) is 108 Å². The van der Waals surface area contributed by atoms with E-state index in [-0.39, 0.29) is 101 Å². The highest BCUT2D eigenvalue weighted by molar-refractivity contribution is 5.97. The maximum Gasteiger partial charge on any atom is 0.224 e. The molecule has 0 saturated carbocycles. The Kier molecular flexibility index (Phi) is 26.4. The number of nitrogens with two attached hydrogens (primary N) is 8. The molecule has 1 rings (SSSR count). The van der Waals surface area contributed by atoms with E-state index < -0.39 is 102 Å². The largest absolute Gasteiger partial charge is 0.508 e. The minimum absolute atomic E-state index is 0.0390. The summed E-state index contributed by atoms with van der Waals surface area (Å²) in [6, 6.07) is 2.13. The molecule has 23 nitrogen and oxygen atoms in total. The first-order chi connectivity index (χ1) is 30.6. The molecule has 20 N–H and O–H groups in total. The van der Waals surface area contributed by atoms with E-state index in [1.165, 1.54) is 31.2 Å². The van der Waals surface area contributed by atoms with Crippen LogP contribution >= 0.6 is 0 Å². The number of aliphatic imine (C=N–C) groups is 2. The number of Topliss-reactive ketones (excluding diaryl/α,β-unsaturated/α-hetero) is 3. The van der Waals surface area contributed by atoms with Crippen LogP contribution in [0.25, 0.3) is 0 Å². The standard InChI is InChI=1S/C42H69N13O10/c1-24(56)53-30(7-4-18-51-41(47)48)34(59)22-27(11-15-36(44)61)39(64)55-32(14-16-37(45)62)35(60)23-28(20-25-9-12-29(57)13-10-25)40(65)54-31(8-5-19-52-42(49)50)33(58)21-26(38(46)63)6-2-3-17-43/h9-10,12-13,26-28,30-32,57H,2-8,11,14-23,43H2,1H3,(H2,44,61)(H2,45,62)(H2,46,63)(H,53,56)(H,54,65)(H,55,64)(H4,47,48,51)(H4,49,50,52)/t26-,27-,28-,30+,31+,32+/m1/s1. The number of unbranched alkanes of at least 4 members (excludes halogenated alkanes) is 1. The summed E-state index contributed by atoms with van der Waals surface area (Å²) >= 11 is 0. The smallest absolute Gasteiger partial charge is 0.224 e. The third-order valence-corrected chi connectivity index (χ3v) is 10.4. The lowest BCUT2D eigenvalue weighted by molar-refractivity contribution is -0.136. The zero-order valence-electron chi connectivity index (χ0n) is 37.1.